The van der Waals surface area contributed by atoms with Gasteiger partial charge in [-0.25, -0.2) is 4.79 Å². The Morgan fingerprint density at radius 1 is 1.14 bits per heavy atom. The van der Waals surface area contributed by atoms with Crippen LogP contribution in [0, 0.1) is 0 Å². The van der Waals surface area contributed by atoms with Gasteiger partial charge in [-0.3, -0.25) is 14.5 Å². The highest BCUT2D eigenvalue weighted by atomic mass is 32.2. The molecule has 0 aliphatic carbocycles. The third-order valence-corrected chi connectivity index (χ3v) is 8.14. The second-order valence-electron chi connectivity index (χ2n) is 8.22. The van der Waals surface area contributed by atoms with Crippen LogP contribution >= 0.6 is 23.1 Å². The molecular formula is C27H26N2O5S2. The minimum Gasteiger partial charge on any atom is -0.497 e. The van der Waals surface area contributed by atoms with E-state index in [1.807, 2.05) is 47.8 Å². The predicted molar refractivity (Wildman–Crippen MR) is 142 cm³/mol. The summed E-state index contributed by atoms with van der Waals surface area (Å²) in [6.07, 6.45) is 2.65. The second-order valence-corrected chi connectivity index (χ2v) is 10.4. The summed E-state index contributed by atoms with van der Waals surface area (Å²) in [7, 11) is 1.64. The van der Waals surface area contributed by atoms with E-state index in [1.165, 1.54) is 4.90 Å². The molecule has 3 aromatic rings. The van der Waals surface area contributed by atoms with Gasteiger partial charge in [-0.05, 0) is 52.8 Å². The van der Waals surface area contributed by atoms with Crippen LogP contribution in [0.4, 0.5) is 0 Å². The van der Waals surface area contributed by atoms with Gasteiger partial charge in [0.1, 0.15) is 11.4 Å². The highest BCUT2D eigenvalue weighted by Gasteiger charge is 2.42. The molecule has 7 nitrogen and oxygen atoms in total. The summed E-state index contributed by atoms with van der Waals surface area (Å²) in [5.74, 6) is -0.237. The molecule has 9 heteroatoms. The number of thiophene rings is 1. The minimum atomic E-state index is -1.01. The van der Waals surface area contributed by atoms with Gasteiger partial charge in [-0.15, -0.1) is 23.1 Å². The van der Waals surface area contributed by atoms with Crippen molar-refractivity contribution in [1.82, 2.24) is 4.90 Å². The molecule has 5 rings (SSSR count). The molecule has 0 bridgehead atoms. The molecule has 2 amide bonds. The number of carboxylic acids is 1. The monoisotopic (exact) mass is 522 g/mol. The van der Waals surface area contributed by atoms with E-state index < -0.39 is 5.97 Å². The van der Waals surface area contributed by atoms with Crippen LogP contribution in [0.1, 0.15) is 22.8 Å². The van der Waals surface area contributed by atoms with Gasteiger partial charge >= 0.3 is 5.97 Å². The molecule has 1 fully saturated rings. The molecule has 2 atom stereocenters. The van der Waals surface area contributed by atoms with Crippen molar-refractivity contribution in [3.8, 4) is 16.9 Å². The molecule has 2 aliphatic heterocycles. The standard InChI is InChI=1S/C20H19NO2S.C7H7NO3S/c1-23-16-9-7-14(8-10-16)13-18(20(21)22)19-17(11-12-24-19)15-5-3-2-4-6-15;9-5-3-6-8(5)4(7(10)11)1-2-12-6/h2-12,18H,13H2,1H3,(H2,21,22);1,6H,2-3H2,(H,10,11)/t;6-/m.0/s1. The van der Waals surface area contributed by atoms with Crippen molar-refractivity contribution in [2.75, 3.05) is 12.9 Å². The molecule has 2 aromatic carbocycles. The number of ether oxygens (including phenoxy) is 1. The van der Waals surface area contributed by atoms with Crippen molar-refractivity contribution in [2.45, 2.75) is 24.1 Å². The zero-order valence-electron chi connectivity index (χ0n) is 19.6. The molecule has 1 saturated heterocycles. The van der Waals surface area contributed by atoms with Crippen LogP contribution in [-0.2, 0) is 20.8 Å². The van der Waals surface area contributed by atoms with E-state index in [1.54, 1.807) is 36.3 Å². The first-order chi connectivity index (χ1) is 17.4. The Hall–Kier alpha value is -3.56. The first kappa shape index (κ1) is 25.5. The SMILES string of the molecule is COc1ccc(CC(C(N)=O)c2sccc2-c2ccccc2)cc1.O=C(O)C1=CCS[C@H]2CC(=O)N12. The number of nitrogens with two attached hydrogens (primary N) is 1. The Morgan fingerprint density at radius 3 is 2.44 bits per heavy atom. The van der Waals surface area contributed by atoms with Crippen LogP contribution in [0.25, 0.3) is 11.1 Å². The van der Waals surface area contributed by atoms with E-state index in [2.05, 4.69) is 18.2 Å². The predicted octanol–water partition coefficient (Wildman–Crippen LogP) is 4.50. The number of rotatable bonds is 7. The average Bonchev–Trinajstić information content (AvgIpc) is 3.37. The van der Waals surface area contributed by atoms with E-state index in [9.17, 15) is 14.4 Å². The Balaban J connectivity index is 0.000000211. The van der Waals surface area contributed by atoms with E-state index in [-0.39, 0.29) is 28.8 Å². The van der Waals surface area contributed by atoms with Crippen LogP contribution in [0.15, 0.2) is 77.8 Å². The van der Waals surface area contributed by atoms with Crippen molar-refractivity contribution >= 4 is 40.9 Å². The largest absolute Gasteiger partial charge is 0.497 e. The van der Waals surface area contributed by atoms with E-state index in [4.69, 9.17) is 15.6 Å². The molecular weight excluding hydrogens is 496 g/mol. The lowest BCUT2D eigenvalue weighted by Gasteiger charge is -2.42. The summed E-state index contributed by atoms with van der Waals surface area (Å²) in [6, 6.07) is 19.9. The minimum absolute atomic E-state index is 0.0774. The zero-order valence-corrected chi connectivity index (χ0v) is 21.3. The topological polar surface area (TPSA) is 110 Å². The maximum absolute atomic E-state index is 12.1. The van der Waals surface area contributed by atoms with Crippen molar-refractivity contribution in [1.29, 1.82) is 0 Å². The normalized spacial score (nSPS) is 17.0. The van der Waals surface area contributed by atoms with Crippen molar-refractivity contribution < 1.29 is 24.2 Å². The second kappa shape index (κ2) is 11.5. The van der Waals surface area contributed by atoms with Crippen molar-refractivity contribution in [3.05, 3.63) is 88.3 Å². The quantitative estimate of drug-likeness (QED) is 0.442. The van der Waals surface area contributed by atoms with Gasteiger partial charge in [0, 0.05) is 10.6 Å². The molecule has 0 saturated carbocycles. The summed E-state index contributed by atoms with van der Waals surface area (Å²) in [5.41, 5.74) is 9.12. The van der Waals surface area contributed by atoms with Gasteiger partial charge in [-0.1, -0.05) is 42.5 Å². The third kappa shape index (κ3) is 5.63. The van der Waals surface area contributed by atoms with Crippen molar-refractivity contribution in [2.24, 2.45) is 5.73 Å². The summed E-state index contributed by atoms with van der Waals surface area (Å²) < 4.78 is 5.18. The van der Waals surface area contributed by atoms with Crippen LogP contribution in [0.5, 0.6) is 5.75 Å². The molecule has 36 heavy (non-hydrogen) atoms. The first-order valence-electron chi connectivity index (χ1n) is 11.3. The Labute approximate surface area is 217 Å². The fourth-order valence-electron chi connectivity index (χ4n) is 4.10. The number of carbonyl (C=O) groups excluding carboxylic acids is 2. The summed E-state index contributed by atoms with van der Waals surface area (Å²) in [4.78, 5) is 36.1. The Bertz CT molecular complexity index is 1270. The number of carboxylic acid groups (broad SMARTS) is 1. The van der Waals surface area contributed by atoms with Gasteiger partial charge in [0.05, 0.1) is 24.8 Å². The van der Waals surface area contributed by atoms with Gasteiger partial charge < -0.3 is 15.6 Å². The van der Waals surface area contributed by atoms with E-state index >= 15 is 0 Å². The molecule has 3 heterocycles. The molecule has 0 spiro atoms. The fourth-order valence-corrected chi connectivity index (χ4v) is 6.25. The molecule has 186 valence electrons. The summed E-state index contributed by atoms with van der Waals surface area (Å²) in [5, 5.41) is 10.8. The highest BCUT2D eigenvalue weighted by molar-refractivity contribution is 8.00. The lowest BCUT2D eigenvalue weighted by molar-refractivity contribution is -0.146. The molecule has 0 radical (unpaired) electrons. The molecule has 3 N–H and O–H groups in total. The number of carbonyl (C=O) groups is 3. The Kier molecular flexibility index (Phi) is 8.12. The number of nitrogens with zero attached hydrogens (tertiary/aromatic N) is 1. The van der Waals surface area contributed by atoms with Gasteiger partial charge in [0.25, 0.3) is 0 Å². The molecule has 1 unspecified atom stereocenters. The van der Waals surface area contributed by atoms with E-state index in [0.717, 1.165) is 27.3 Å². The maximum atomic E-state index is 12.1. The average molecular weight is 523 g/mol. The van der Waals surface area contributed by atoms with Crippen molar-refractivity contribution in [3.63, 3.8) is 0 Å². The van der Waals surface area contributed by atoms with Crippen LogP contribution < -0.4 is 10.5 Å². The van der Waals surface area contributed by atoms with Crippen LogP contribution in [-0.4, -0.2) is 46.0 Å². The number of hydrogen-bond acceptors (Lipinski definition) is 6. The number of amides is 2. The number of fused-ring (bicyclic) bond motifs is 1. The number of aliphatic carboxylic acids is 1. The summed E-state index contributed by atoms with van der Waals surface area (Å²) in [6.45, 7) is 0. The molecule has 1 aromatic heterocycles. The molecule has 2 aliphatic rings. The first-order valence-corrected chi connectivity index (χ1v) is 13.2. The van der Waals surface area contributed by atoms with Crippen LogP contribution in [0.2, 0.25) is 0 Å². The number of methoxy groups -OCH3 is 1. The number of β-lactam (4-membered cyclic amide) rings is 1. The van der Waals surface area contributed by atoms with Gasteiger partial charge in [0.2, 0.25) is 11.8 Å². The lowest BCUT2D eigenvalue weighted by atomic mass is 9.93. The maximum Gasteiger partial charge on any atom is 0.352 e. The fraction of sp³-hybridized carbons (Fsp3) is 0.222. The lowest BCUT2D eigenvalue weighted by Crippen LogP contribution is -2.52. The highest BCUT2D eigenvalue weighted by Crippen LogP contribution is 2.37. The van der Waals surface area contributed by atoms with Gasteiger partial charge in [-0.2, -0.15) is 0 Å². The zero-order chi connectivity index (χ0) is 25.7. The number of hydrogen-bond donors (Lipinski definition) is 2. The van der Waals surface area contributed by atoms with E-state index in [0.29, 0.717) is 18.6 Å². The Morgan fingerprint density at radius 2 is 1.86 bits per heavy atom. The number of benzene rings is 2. The third-order valence-electron chi connectivity index (χ3n) is 5.99. The smallest absolute Gasteiger partial charge is 0.352 e. The summed E-state index contributed by atoms with van der Waals surface area (Å²) >= 11 is 3.19. The number of primary amides is 1. The van der Waals surface area contributed by atoms with Crippen LogP contribution in [0.3, 0.4) is 0 Å². The van der Waals surface area contributed by atoms with Gasteiger partial charge in [0.15, 0.2) is 0 Å². The number of thioether (sulfide) groups is 1.